The fraction of sp³-hybridized carbons (Fsp3) is 0.455. The van der Waals surface area contributed by atoms with E-state index in [2.05, 4.69) is 0 Å². The third-order valence-corrected chi connectivity index (χ3v) is 3.86. The Morgan fingerprint density at radius 3 is 2.06 bits per heavy atom. The highest BCUT2D eigenvalue weighted by Crippen LogP contribution is 2.27. The average Bonchev–Trinajstić information content (AvgIpc) is 2.35. The maximum absolute atomic E-state index is 5.24. The zero-order chi connectivity index (χ0) is 12.0. The first-order chi connectivity index (χ1) is 7.74. The molecule has 0 bridgehead atoms. The Kier molecular flexibility index (Phi) is 5.31. The molecule has 0 spiro atoms. The van der Waals surface area contributed by atoms with Gasteiger partial charge in [-0.1, -0.05) is 6.07 Å². The summed E-state index contributed by atoms with van der Waals surface area (Å²) >= 11 is 0. The van der Waals surface area contributed by atoms with E-state index in [1.807, 2.05) is 18.2 Å². The second-order valence-corrected chi connectivity index (χ2v) is 5.06. The molecule has 0 fully saturated rings. The molecule has 0 heterocycles. The van der Waals surface area contributed by atoms with Gasteiger partial charge in [0, 0.05) is 20.3 Å². The van der Waals surface area contributed by atoms with Crippen molar-refractivity contribution in [2.75, 3.05) is 28.4 Å². The minimum atomic E-state index is -1.22. The van der Waals surface area contributed by atoms with Crippen LogP contribution < -0.4 is 9.47 Å². The lowest BCUT2D eigenvalue weighted by molar-refractivity contribution is 0.277. The van der Waals surface area contributed by atoms with Crippen LogP contribution in [0.1, 0.15) is 5.56 Å². The quantitative estimate of drug-likeness (QED) is 0.708. The lowest BCUT2D eigenvalue weighted by atomic mass is 10.2. The van der Waals surface area contributed by atoms with Gasteiger partial charge in [-0.15, -0.1) is 0 Å². The summed E-state index contributed by atoms with van der Waals surface area (Å²) in [4.78, 5) is 0. The Morgan fingerprint density at radius 1 is 0.938 bits per heavy atom. The molecule has 1 rings (SSSR count). The smallest absolute Gasteiger partial charge is 0.388 e. The van der Waals surface area contributed by atoms with Gasteiger partial charge in [-0.25, -0.2) is 0 Å². The standard InChI is InChI=1S/C11H17O4Si/c1-12-10-6-5-9(7-11(10)13-2)8-16(14-3)15-4/h5-7H,8H2,1-4H3. The van der Waals surface area contributed by atoms with E-state index in [1.165, 1.54) is 0 Å². The van der Waals surface area contributed by atoms with Gasteiger partial charge in [-0.3, -0.25) is 0 Å². The van der Waals surface area contributed by atoms with E-state index in [0.717, 1.165) is 23.1 Å². The minimum Gasteiger partial charge on any atom is -0.493 e. The molecule has 89 valence electrons. The molecule has 1 aromatic carbocycles. The molecule has 0 aliphatic rings. The van der Waals surface area contributed by atoms with Crippen molar-refractivity contribution in [2.24, 2.45) is 0 Å². The van der Waals surface area contributed by atoms with Crippen molar-refractivity contribution in [3.8, 4) is 11.5 Å². The topological polar surface area (TPSA) is 36.9 Å². The maximum atomic E-state index is 5.24. The van der Waals surface area contributed by atoms with Crippen LogP contribution in [-0.4, -0.2) is 37.7 Å². The van der Waals surface area contributed by atoms with Crippen LogP contribution in [0.2, 0.25) is 0 Å². The van der Waals surface area contributed by atoms with E-state index >= 15 is 0 Å². The molecule has 0 unspecified atom stereocenters. The molecule has 0 amide bonds. The number of methoxy groups -OCH3 is 2. The highest BCUT2D eigenvalue weighted by molar-refractivity contribution is 6.43. The van der Waals surface area contributed by atoms with E-state index in [0.29, 0.717) is 0 Å². The van der Waals surface area contributed by atoms with Crippen LogP contribution in [0.15, 0.2) is 18.2 Å². The fourth-order valence-corrected chi connectivity index (χ4v) is 2.39. The summed E-state index contributed by atoms with van der Waals surface area (Å²) in [6.45, 7) is 0. The lowest BCUT2D eigenvalue weighted by Gasteiger charge is -2.12. The number of hydrogen-bond acceptors (Lipinski definition) is 4. The third-order valence-electron chi connectivity index (χ3n) is 2.25. The monoisotopic (exact) mass is 241 g/mol. The molecule has 1 aromatic rings. The summed E-state index contributed by atoms with van der Waals surface area (Å²) in [5, 5.41) is 0. The predicted octanol–water partition coefficient (Wildman–Crippen LogP) is 1.57. The van der Waals surface area contributed by atoms with Gasteiger partial charge in [0.1, 0.15) is 0 Å². The molecule has 0 saturated carbocycles. The van der Waals surface area contributed by atoms with Gasteiger partial charge in [0.05, 0.1) is 14.2 Å². The van der Waals surface area contributed by atoms with E-state index in [4.69, 9.17) is 18.3 Å². The molecule has 0 aliphatic heterocycles. The third kappa shape index (κ3) is 3.23. The highest BCUT2D eigenvalue weighted by atomic mass is 28.3. The molecule has 0 aromatic heterocycles. The zero-order valence-electron chi connectivity index (χ0n) is 10.1. The van der Waals surface area contributed by atoms with Crippen LogP contribution in [0.4, 0.5) is 0 Å². The molecule has 0 N–H and O–H groups in total. The van der Waals surface area contributed by atoms with E-state index in [9.17, 15) is 0 Å². The van der Waals surface area contributed by atoms with Crippen molar-refractivity contribution < 1.29 is 18.3 Å². The Morgan fingerprint density at radius 2 is 1.56 bits per heavy atom. The Bertz CT molecular complexity index is 326. The van der Waals surface area contributed by atoms with Crippen molar-refractivity contribution in [3.05, 3.63) is 23.8 Å². The normalized spacial score (nSPS) is 10.6. The van der Waals surface area contributed by atoms with Crippen LogP contribution in [0.5, 0.6) is 11.5 Å². The van der Waals surface area contributed by atoms with Gasteiger partial charge in [-0.2, -0.15) is 0 Å². The second-order valence-electron chi connectivity index (χ2n) is 3.15. The number of rotatable bonds is 6. The van der Waals surface area contributed by atoms with Crippen molar-refractivity contribution in [2.45, 2.75) is 6.04 Å². The predicted molar refractivity (Wildman–Crippen MR) is 63.0 cm³/mol. The zero-order valence-corrected chi connectivity index (χ0v) is 11.1. The summed E-state index contributed by atoms with van der Waals surface area (Å²) in [6, 6.07) is 6.60. The van der Waals surface area contributed by atoms with Crippen LogP contribution in [0.3, 0.4) is 0 Å². The van der Waals surface area contributed by atoms with Gasteiger partial charge in [-0.05, 0) is 17.7 Å². The van der Waals surface area contributed by atoms with Gasteiger partial charge < -0.3 is 18.3 Å². The number of hydrogen-bond donors (Lipinski definition) is 0. The van der Waals surface area contributed by atoms with Gasteiger partial charge in [0.2, 0.25) is 0 Å². The van der Waals surface area contributed by atoms with Crippen LogP contribution in [-0.2, 0) is 14.9 Å². The molecule has 1 radical (unpaired) electrons. The molecule has 4 nitrogen and oxygen atoms in total. The Balaban J connectivity index is 2.82. The Hall–Kier alpha value is -1.04. The van der Waals surface area contributed by atoms with E-state index in [-0.39, 0.29) is 0 Å². The first-order valence-electron chi connectivity index (χ1n) is 4.89. The SMILES string of the molecule is COc1ccc(C[Si](OC)OC)cc1OC. The molecular formula is C11H17O4Si. The molecule has 16 heavy (non-hydrogen) atoms. The molecule has 0 aliphatic carbocycles. The minimum absolute atomic E-state index is 0.730. The van der Waals surface area contributed by atoms with E-state index < -0.39 is 9.28 Å². The van der Waals surface area contributed by atoms with E-state index in [1.54, 1.807) is 28.4 Å². The summed E-state index contributed by atoms with van der Waals surface area (Å²) in [5.41, 5.74) is 1.12. The molecule has 0 saturated heterocycles. The Labute approximate surface area is 97.9 Å². The first-order valence-corrected chi connectivity index (χ1v) is 6.42. The summed E-state index contributed by atoms with van der Waals surface area (Å²) in [5.74, 6) is 1.46. The first kappa shape index (κ1) is 13.0. The van der Waals surface area contributed by atoms with Gasteiger partial charge >= 0.3 is 9.28 Å². The summed E-state index contributed by atoms with van der Waals surface area (Å²) in [6.07, 6.45) is 0. The average molecular weight is 241 g/mol. The van der Waals surface area contributed by atoms with Crippen molar-refractivity contribution in [3.63, 3.8) is 0 Å². The lowest BCUT2D eigenvalue weighted by Crippen LogP contribution is -2.22. The van der Waals surface area contributed by atoms with Crippen LogP contribution in [0.25, 0.3) is 0 Å². The van der Waals surface area contributed by atoms with Crippen LogP contribution in [0, 0.1) is 0 Å². The second kappa shape index (κ2) is 6.52. The van der Waals surface area contributed by atoms with Crippen molar-refractivity contribution in [1.82, 2.24) is 0 Å². The molecular weight excluding hydrogens is 224 g/mol. The highest BCUT2D eigenvalue weighted by Gasteiger charge is 2.14. The molecule has 0 atom stereocenters. The summed E-state index contributed by atoms with van der Waals surface area (Å²) in [7, 11) is 5.36. The molecule has 5 heteroatoms. The summed E-state index contributed by atoms with van der Waals surface area (Å²) < 4.78 is 20.9. The van der Waals surface area contributed by atoms with Gasteiger partial charge in [0.25, 0.3) is 0 Å². The fourth-order valence-electron chi connectivity index (χ4n) is 1.38. The largest absolute Gasteiger partial charge is 0.493 e. The van der Waals surface area contributed by atoms with Crippen molar-refractivity contribution >= 4 is 9.28 Å². The maximum Gasteiger partial charge on any atom is 0.388 e. The van der Waals surface area contributed by atoms with Crippen LogP contribution >= 0.6 is 0 Å². The van der Waals surface area contributed by atoms with Crippen molar-refractivity contribution in [1.29, 1.82) is 0 Å². The number of benzene rings is 1. The van der Waals surface area contributed by atoms with Gasteiger partial charge in [0.15, 0.2) is 11.5 Å². The number of ether oxygens (including phenoxy) is 2.